The van der Waals surface area contributed by atoms with Gasteiger partial charge in [-0.25, -0.2) is 4.79 Å². The first-order valence-electron chi connectivity index (χ1n) is 11.1. The third kappa shape index (κ3) is 6.71. The number of rotatable bonds is 9. The lowest BCUT2D eigenvalue weighted by molar-refractivity contribution is -0.115. The van der Waals surface area contributed by atoms with Crippen LogP contribution in [0.5, 0.6) is 17.2 Å². The van der Waals surface area contributed by atoms with Crippen LogP contribution in [0, 0.1) is 0 Å². The van der Waals surface area contributed by atoms with Crippen LogP contribution in [0.1, 0.15) is 21.5 Å². The van der Waals surface area contributed by atoms with Crippen LogP contribution in [0.15, 0.2) is 103 Å². The average Bonchev–Trinajstić information content (AvgIpc) is 2.89. The van der Waals surface area contributed by atoms with Gasteiger partial charge in [0.15, 0.2) is 0 Å². The van der Waals surface area contributed by atoms with E-state index >= 15 is 0 Å². The summed E-state index contributed by atoms with van der Waals surface area (Å²) in [7, 11) is 1.30. The van der Waals surface area contributed by atoms with Crippen LogP contribution in [-0.4, -0.2) is 19.0 Å². The summed E-state index contributed by atoms with van der Waals surface area (Å²) in [5, 5.41) is 2.80. The second-order valence-corrected chi connectivity index (χ2v) is 7.76. The van der Waals surface area contributed by atoms with Gasteiger partial charge in [0.1, 0.15) is 23.9 Å². The predicted octanol–water partition coefficient (Wildman–Crippen LogP) is 6.03. The van der Waals surface area contributed by atoms with Crippen LogP contribution >= 0.6 is 0 Å². The van der Waals surface area contributed by atoms with Crippen molar-refractivity contribution in [2.75, 3.05) is 12.4 Å². The Morgan fingerprint density at radius 1 is 0.714 bits per heavy atom. The van der Waals surface area contributed by atoms with Crippen molar-refractivity contribution >= 4 is 17.6 Å². The Hall–Kier alpha value is -4.58. The highest BCUT2D eigenvalue weighted by atomic mass is 16.5. The van der Waals surface area contributed by atoms with Gasteiger partial charge in [-0.15, -0.1) is 0 Å². The number of anilines is 1. The van der Waals surface area contributed by atoms with E-state index in [9.17, 15) is 9.59 Å². The van der Waals surface area contributed by atoms with E-state index in [1.807, 2.05) is 72.8 Å². The number of esters is 1. The number of hydrogen-bond donors (Lipinski definition) is 1. The molecule has 4 aromatic rings. The maximum Gasteiger partial charge on any atom is 0.339 e. The number of ether oxygens (including phenoxy) is 3. The zero-order valence-electron chi connectivity index (χ0n) is 19.3. The predicted molar refractivity (Wildman–Crippen MR) is 134 cm³/mol. The van der Waals surface area contributed by atoms with Gasteiger partial charge < -0.3 is 19.5 Å². The molecule has 176 valence electrons. The number of carbonyl (C=O) groups is 2. The zero-order chi connectivity index (χ0) is 24.5. The Morgan fingerprint density at radius 2 is 1.31 bits per heavy atom. The van der Waals surface area contributed by atoms with Gasteiger partial charge >= 0.3 is 5.97 Å². The molecule has 0 heterocycles. The van der Waals surface area contributed by atoms with E-state index in [1.54, 1.807) is 30.3 Å². The fourth-order valence-corrected chi connectivity index (χ4v) is 3.43. The number of amides is 1. The van der Waals surface area contributed by atoms with Crippen LogP contribution in [0.3, 0.4) is 0 Å². The molecule has 0 bridgehead atoms. The lowest BCUT2D eigenvalue weighted by Crippen LogP contribution is -2.17. The highest BCUT2D eigenvalue weighted by Gasteiger charge is 2.16. The molecule has 0 fully saturated rings. The maximum absolute atomic E-state index is 12.6. The van der Waals surface area contributed by atoms with Crippen molar-refractivity contribution in [1.29, 1.82) is 0 Å². The number of nitrogens with one attached hydrogen (secondary N) is 1. The van der Waals surface area contributed by atoms with Gasteiger partial charge in [0, 0.05) is 6.07 Å². The van der Waals surface area contributed by atoms with Crippen molar-refractivity contribution in [2.45, 2.75) is 13.0 Å². The largest absolute Gasteiger partial charge is 0.489 e. The zero-order valence-corrected chi connectivity index (χ0v) is 19.3. The van der Waals surface area contributed by atoms with Crippen LogP contribution in [0.2, 0.25) is 0 Å². The molecule has 0 atom stereocenters. The molecule has 0 aliphatic carbocycles. The van der Waals surface area contributed by atoms with Crippen LogP contribution in [0.4, 0.5) is 5.69 Å². The molecule has 0 spiro atoms. The topological polar surface area (TPSA) is 73.9 Å². The molecule has 6 heteroatoms. The highest BCUT2D eigenvalue weighted by Crippen LogP contribution is 2.29. The molecule has 0 saturated heterocycles. The summed E-state index contributed by atoms with van der Waals surface area (Å²) < 4.78 is 16.6. The highest BCUT2D eigenvalue weighted by molar-refractivity contribution is 6.02. The first-order valence-corrected chi connectivity index (χ1v) is 11.1. The van der Waals surface area contributed by atoms with Crippen molar-refractivity contribution in [3.8, 4) is 17.2 Å². The van der Waals surface area contributed by atoms with Crippen molar-refractivity contribution in [3.05, 3.63) is 120 Å². The van der Waals surface area contributed by atoms with E-state index in [0.29, 0.717) is 23.8 Å². The fraction of sp³-hybridized carbons (Fsp3) is 0.103. The van der Waals surface area contributed by atoms with E-state index < -0.39 is 5.97 Å². The third-order valence-corrected chi connectivity index (χ3v) is 5.19. The van der Waals surface area contributed by atoms with E-state index in [1.165, 1.54) is 7.11 Å². The third-order valence-electron chi connectivity index (χ3n) is 5.19. The molecule has 0 saturated carbocycles. The summed E-state index contributed by atoms with van der Waals surface area (Å²) in [5.41, 5.74) is 2.51. The SMILES string of the molecule is COC(=O)c1ccc(Oc2ccc(OCc3ccccc3)cc2)cc1NC(=O)Cc1ccccc1. The Kier molecular flexibility index (Phi) is 7.76. The minimum Gasteiger partial charge on any atom is -0.489 e. The molecular formula is C29H25NO5. The first-order chi connectivity index (χ1) is 17.1. The molecule has 1 N–H and O–H groups in total. The van der Waals surface area contributed by atoms with Crippen LogP contribution in [-0.2, 0) is 22.6 Å². The quantitative estimate of drug-likeness (QED) is 0.305. The van der Waals surface area contributed by atoms with Crippen LogP contribution in [0.25, 0.3) is 0 Å². The molecule has 4 rings (SSSR count). The fourth-order valence-electron chi connectivity index (χ4n) is 3.43. The van der Waals surface area contributed by atoms with Gasteiger partial charge in [-0.05, 0) is 47.5 Å². The van der Waals surface area contributed by atoms with Gasteiger partial charge in [0.2, 0.25) is 5.91 Å². The molecule has 0 aromatic heterocycles. The van der Waals surface area contributed by atoms with Gasteiger partial charge in [0.25, 0.3) is 0 Å². The van der Waals surface area contributed by atoms with Crippen molar-refractivity contribution in [3.63, 3.8) is 0 Å². The number of methoxy groups -OCH3 is 1. The summed E-state index contributed by atoms with van der Waals surface area (Å²) in [5.74, 6) is 0.969. The lowest BCUT2D eigenvalue weighted by atomic mass is 10.1. The Balaban J connectivity index is 1.44. The van der Waals surface area contributed by atoms with Gasteiger partial charge in [-0.2, -0.15) is 0 Å². The Morgan fingerprint density at radius 3 is 1.97 bits per heavy atom. The molecule has 0 aliphatic rings. The minimum absolute atomic E-state index is 0.178. The molecule has 0 unspecified atom stereocenters. The summed E-state index contributed by atoms with van der Waals surface area (Å²) in [6, 6.07) is 31.3. The molecule has 0 aliphatic heterocycles. The molecule has 4 aromatic carbocycles. The smallest absolute Gasteiger partial charge is 0.339 e. The van der Waals surface area contributed by atoms with Crippen molar-refractivity contribution in [1.82, 2.24) is 0 Å². The van der Waals surface area contributed by atoms with Crippen molar-refractivity contribution in [2.24, 2.45) is 0 Å². The summed E-state index contributed by atoms with van der Waals surface area (Å²) in [6.45, 7) is 0.474. The summed E-state index contributed by atoms with van der Waals surface area (Å²) >= 11 is 0. The molecule has 0 radical (unpaired) electrons. The van der Waals surface area contributed by atoms with E-state index in [0.717, 1.165) is 16.9 Å². The monoisotopic (exact) mass is 467 g/mol. The van der Waals surface area contributed by atoms with Gasteiger partial charge in [-0.1, -0.05) is 60.7 Å². The number of hydrogen-bond acceptors (Lipinski definition) is 5. The van der Waals surface area contributed by atoms with Crippen molar-refractivity contribution < 1.29 is 23.8 Å². The van der Waals surface area contributed by atoms with Gasteiger partial charge in [0.05, 0.1) is 24.8 Å². The average molecular weight is 468 g/mol. The standard InChI is InChI=1S/C29H25NO5/c1-33-29(32)26-17-16-25(19-27(26)30-28(31)18-21-8-4-2-5-9-21)35-24-14-12-23(13-15-24)34-20-22-10-6-3-7-11-22/h2-17,19H,18,20H2,1H3,(H,30,31). The van der Waals surface area contributed by atoms with E-state index in [2.05, 4.69) is 5.32 Å². The van der Waals surface area contributed by atoms with Gasteiger partial charge in [-0.3, -0.25) is 4.79 Å². The number of carbonyl (C=O) groups excluding carboxylic acids is 2. The summed E-state index contributed by atoms with van der Waals surface area (Å²) in [4.78, 5) is 24.8. The van der Waals surface area contributed by atoms with E-state index in [4.69, 9.17) is 14.2 Å². The molecule has 1 amide bonds. The normalized spacial score (nSPS) is 10.3. The molecular weight excluding hydrogens is 442 g/mol. The molecule has 35 heavy (non-hydrogen) atoms. The Bertz CT molecular complexity index is 1270. The minimum atomic E-state index is -0.550. The maximum atomic E-state index is 12.6. The van der Waals surface area contributed by atoms with Crippen LogP contribution < -0.4 is 14.8 Å². The summed E-state index contributed by atoms with van der Waals surface area (Å²) in [6.07, 6.45) is 0.178. The second kappa shape index (κ2) is 11.5. The second-order valence-electron chi connectivity index (χ2n) is 7.76. The number of benzene rings is 4. The lowest BCUT2D eigenvalue weighted by Gasteiger charge is -2.13. The first kappa shape index (κ1) is 23.6. The molecule has 6 nitrogen and oxygen atoms in total. The van der Waals surface area contributed by atoms with E-state index in [-0.39, 0.29) is 17.9 Å². The Labute approximate surface area is 204 Å².